The van der Waals surface area contributed by atoms with Crippen molar-refractivity contribution in [2.75, 3.05) is 19.8 Å². The molecule has 0 aliphatic heterocycles. The maximum Gasteiger partial charge on any atom is 0.139 e. The monoisotopic (exact) mass is 435 g/mol. The van der Waals surface area contributed by atoms with E-state index in [1.807, 2.05) is 12.1 Å². The van der Waals surface area contributed by atoms with E-state index in [0.717, 1.165) is 50.7 Å². The number of nitrogens with one attached hydrogen (secondary N) is 1. The van der Waals surface area contributed by atoms with Gasteiger partial charge in [0.1, 0.15) is 18.6 Å². The molecule has 0 radical (unpaired) electrons. The van der Waals surface area contributed by atoms with Gasteiger partial charge in [-0.05, 0) is 73.5 Å². The minimum absolute atomic E-state index is 0.0277. The topological polar surface area (TPSA) is 102 Å². The Morgan fingerprint density at radius 3 is 2.77 bits per heavy atom. The summed E-state index contributed by atoms with van der Waals surface area (Å²) in [4.78, 5) is 0. The summed E-state index contributed by atoms with van der Waals surface area (Å²) < 4.78 is 5.90. The summed E-state index contributed by atoms with van der Waals surface area (Å²) >= 11 is 0. The van der Waals surface area contributed by atoms with Gasteiger partial charge in [0.2, 0.25) is 0 Å². The lowest BCUT2D eigenvalue weighted by atomic mass is 9.73. The van der Waals surface area contributed by atoms with Gasteiger partial charge in [0.25, 0.3) is 0 Å². The lowest BCUT2D eigenvalue weighted by molar-refractivity contribution is 0.0733. The van der Waals surface area contributed by atoms with E-state index in [1.165, 1.54) is 24.0 Å². The third-order valence-corrected chi connectivity index (χ3v) is 7.21. The van der Waals surface area contributed by atoms with Gasteiger partial charge in [-0.25, -0.2) is 0 Å². The minimum atomic E-state index is -0.819. The first-order chi connectivity index (χ1) is 15.0. The Balaban J connectivity index is 1.58. The Hall–Kier alpha value is -1.18. The molecular weight excluding hydrogens is 394 g/mol. The Morgan fingerprint density at radius 2 is 2.00 bits per heavy atom. The second-order valence-electron chi connectivity index (χ2n) is 9.42. The molecule has 0 aromatic heterocycles. The van der Waals surface area contributed by atoms with E-state index in [9.17, 15) is 15.3 Å². The van der Waals surface area contributed by atoms with Crippen molar-refractivity contribution in [3.05, 3.63) is 29.3 Å². The highest BCUT2D eigenvalue weighted by Gasteiger charge is 2.44. The first-order valence-corrected chi connectivity index (χ1v) is 12.2. The molecule has 1 aromatic carbocycles. The van der Waals surface area contributed by atoms with Gasteiger partial charge < -0.3 is 25.2 Å². The number of benzene rings is 1. The van der Waals surface area contributed by atoms with Crippen LogP contribution in [0.2, 0.25) is 0 Å². The van der Waals surface area contributed by atoms with Crippen LogP contribution in [0.25, 0.3) is 0 Å². The molecule has 0 spiro atoms. The highest BCUT2D eigenvalue weighted by atomic mass is 16.5. The molecule has 2 aliphatic carbocycles. The number of fused-ring (bicyclic) bond motifs is 2. The Bertz CT molecular complexity index is 669. The number of ether oxygens (including phenoxy) is 1. The summed E-state index contributed by atoms with van der Waals surface area (Å²) in [5.41, 5.74) is 2.48. The lowest BCUT2D eigenvalue weighted by Gasteiger charge is -2.32. The molecule has 2 aliphatic rings. The molecule has 1 unspecified atom stereocenters. The highest BCUT2D eigenvalue weighted by molar-refractivity contribution is 5.43. The first-order valence-electron chi connectivity index (χ1n) is 12.2. The van der Waals surface area contributed by atoms with Crippen LogP contribution < -0.4 is 10.1 Å². The number of aliphatic hydroxyl groups excluding tert-OH is 4. The van der Waals surface area contributed by atoms with Gasteiger partial charge in [0.15, 0.2) is 0 Å². The van der Waals surface area contributed by atoms with Crippen molar-refractivity contribution in [1.82, 2.24) is 5.32 Å². The summed E-state index contributed by atoms with van der Waals surface area (Å²) in [5.74, 6) is 1.96. The minimum Gasteiger partial charge on any atom is -0.489 e. The molecule has 6 nitrogen and oxygen atoms in total. The first kappa shape index (κ1) is 24.5. The van der Waals surface area contributed by atoms with Gasteiger partial charge in [0, 0.05) is 6.54 Å². The van der Waals surface area contributed by atoms with Crippen molar-refractivity contribution < 1.29 is 25.2 Å². The van der Waals surface area contributed by atoms with Crippen molar-refractivity contribution in [3.8, 4) is 5.75 Å². The van der Waals surface area contributed by atoms with Crippen LogP contribution in [0.3, 0.4) is 0 Å². The standard InChI is InChI=1S/C25H41NO5/c1-2-3-4-7-19(28)9-10-20-21-13-17-6-5-8-24(31-16-25(30)26-11-12-27)22(17)14-18(21)15-23(20)29/h5-6,8,18-21,23,25-30H,2-4,7,9-16H2,1H3/t18-,19-,20+,21-,23+,25?/m0/s1. The van der Waals surface area contributed by atoms with Crippen LogP contribution in [-0.4, -0.2) is 58.6 Å². The van der Waals surface area contributed by atoms with E-state index < -0.39 is 6.23 Å². The summed E-state index contributed by atoms with van der Waals surface area (Å²) in [5, 5.41) is 42.7. The van der Waals surface area contributed by atoms with Gasteiger partial charge in [-0.3, -0.25) is 5.32 Å². The maximum absolute atomic E-state index is 10.8. The zero-order valence-corrected chi connectivity index (χ0v) is 18.9. The Morgan fingerprint density at radius 1 is 1.16 bits per heavy atom. The van der Waals surface area contributed by atoms with Crippen LogP contribution in [0, 0.1) is 17.8 Å². The van der Waals surface area contributed by atoms with E-state index in [4.69, 9.17) is 9.84 Å². The summed E-state index contributed by atoms with van der Waals surface area (Å²) in [7, 11) is 0. The largest absolute Gasteiger partial charge is 0.489 e. The van der Waals surface area contributed by atoms with Crippen LogP contribution in [-0.2, 0) is 12.8 Å². The van der Waals surface area contributed by atoms with Crippen molar-refractivity contribution in [3.63, 3.8) is 0 Å². The van der Waals surface area contributed by atoms with Crippen LogP contribution in [0.4, 0.5) is 0 Å². The van der Waals surface area contributed by atoms with Gasteiger partial charge in [-0.15, -0.1) is 0 Å². The van der Waals surface area contributed by atoms with Crippen LogP contribution >= 0.6 is 0 Å². The summed E-state index contributed by atoms with van der Waals surface area (Å²) in [6.07, 6.45) is 7.25. The number of hydrogen-bond acceptors (Lipinski definition) is 6. The fraction of sp³-hybridized carbons (Fsp3) is 0.760. The second-order valence-corrected chi connectivity index (χ2v) is 9.42. The third-order valence-electron chi connectivity index (χ3n) is 7.21. The third kappa shape index (κ3) is 6.65. The van der Waals surface area contributed by atoms with Crippen molar-refractivity contribution in [2.45, 2.75) is 83.1 Å². The van der Waals surface area contributed by atoms with E-state index in [1.54, 1.807) is 0 Å². The zero-order valence-electron chi connectivity index (χ0n) is 18.9. The van der Waals surface area contributed by atoms with E-state index in [0.29, 0.717) is 18.4 Å². The number of rotatable bonds is 13. The molecule has 0 heterocycles. The van der Waals surface area contributed by atoms with E-state index in [-0.39, 0.29) is 31.3 Å². The predicted octanol–water partition coefficient (Wildman–Crippen LogP) is 2.40. The molecule has 0 bridgehead atoms. The fourth-order valence-electron chi connectivity index (χ4n) is 5.56. The predicted molar refractivity (Wildman–Crippen MR) is 121 cm³/mol. The average molecular weight is 436 g/mol. The number of aliphatic hydroxyl groups is 4. The number of unbranched alkanes of at least 4 members (excludes halogenated alkanes) is 2. The number of hydrogen-bond donors (Lipinski definition) is 5. The average Bonchev–Trinajstić information content (AvgIpc) is 3.07. The zero-order chi connectivity index (χ0) is 22.2. The SMILES string of the molecule is CCCCC[C@H](O)CC[C@@H]1[C@H]2Cc3cccc(OCC(O)NCCO)c3C[C@H]2C[C@H]1O. The molecule has 1 aromatic rings. The lowest BCUT2D eigenvalue weighted by Crippen LogP contribution is -2.36. The molecule has 0 amide bonds. The molecule has 6 atom stereocenters. The molecular formula is C25H41NO5. The normalized spacial score (nSPS) is 26.9. The van der Waals surface area contributed by atoms with E-state index in [2.05, 4.69) is 18.3 Å². The summed E-state index contributed by atoms with van der Waals surface area (Å²) in [6, 6.07) is 6.10. The van der Waals surface area contributed by atoms with E-state index >= 15 is 0 Å². The van der Waals surface area contributed by atoms with Crippen molar-refractivity contribution >= 4 is 0 Å². The molecule has 31 heavy (non-hydrogen) atoms. The van der Waals surface area contributed by atoms with Crippen LogP contribution in [0.5, 0.6) is 5.75 Å². The van der Waals surface area contributed by atoms with Crippen LogP contribution in [0.1, 0.15) is 63.0 Å². The molecule has 176 valence electrons. The van der Waals surface area contributed by atoms with Crippen LogP contribution in [0.15, 0.2) is 18.2 Å². The Kier molecular flexibility index (Phi) is 9.60. The molecule has 5 N–H and O–H groups in total. The molecule has 6 heteroatoms. The van der Waals surface area contributed by atoms with Crippen molar-refractivity contribution in [2.24, 2.45) is 17.8 Å². The van der Waals surface area contributed by atoms with Gasteiger partial charge >= 0.3 is 0 Å². The molecule has 3 rings (SSSR count). The molecule has 1 saturated carbocycles. The quantitative estimate of drug-likeness (QED) is 0.241. The maximum atomic E-state index is 10.8. The van der Waals surface area contributed by atoms with Gasteiger partial charge in [-0.2, -0.15) is 0 Å². The Labute approximate surface area is 186 Å². The van der Waals surface area contributed by atoms with Gasteiger partial charge in [0.05, 0.1) is 18.8 Å². The molecule has 0 saturated heterocycles. The van der Waals surface area contributed by atoms with Crippen molar-refractivity contribution in [1.29, 1.82) is 0 Å². The van der Waals surface area contributed by atoms with Gasteiger partial charge in [-0.1, -0.05) is 38.3 Å². The molecule has 1 fully saturated rings. The fourth-order valence-corrected chi connectivity index (χ4v) is 5.56. The smallest absolute Gasteiger partial charge is 0.139 e. The summed E-state index contributed by atoms with van der Waals surface area (Å²) in [6.45, 7) is 2.61. The second kappa shape index (κ2) is 12.2. The highest BCUT2D eigenvalue weighted by Crippen LogP contribution is 2.48.